The molecule has 0 aliphatic heterocycles. The standard InChI is InChI=1S/C22H32N2O2/c1-21(2,3)24(20(25)26)22-11-16-9-17(12-22)19(18(10-16)13-22)23-14-15-7-5-4-6-8-15/h4-8,16-19,23H,9-14H2,1-3H3,(H,25,26)/t16?,17-,18+,19?,22?. The molecule has 4 heteroatoms. The summed E-state index contributed by atoms with van der Waals surface area (Å²) in [5, 5.41) is 13.8. The fourth-order valence-corrected chi connectivity index (χ4v) is 6.62. The van der Waals surface area contributed by atoms with E-state index in [-0.39, 0.29) is 11.1 Å². The average Bonchev–Trinajstić information content (AvgIpc) is 2.52. The summed E-state index contributed by atoms with van der Waals surface area (Å²) in [7, 11) is 0. The third-order valence-electron chi connectivity index (χ3n) is 6.96. The van der Waals surface area contributed by atoms with Gasteiger partial charge in [0.25, 0.3) is 0 Å². The van der Waals surface area contributed by atoms with Crippen molar-refractivity contribution >= 4 is 6.09 Å². The smallest absolute Gasteiger partial charge is 0.408 e. The molecule has 4 bridgehead atoms. The van der Waals surface area contributed by atoms with Gasteiger partial charge in [-0.2, -0.15) is 0 Å². The van der Waals surface area contributed by atoms with Crippen LogP contribution in [0, 0.1) is 17.8 Å². The van der Waals surface area contributed by atoms with Crippen molar-refractivity contribution < 1.29 is 9.90 Å². The first-order chi connectivity index (χ1) is 12.3. The van der Waals surface area contributed by atoms with Crippen LogP contribution in [0.15, 0.2) is 30.3 Å². The highest BCUT2D eigenvalue weighted by atomic mass is 16.4. The van der Waals surface area contributed by atoms with E-state index < -0.39 is 6.09 Å². The van der Waals surface area contributed by atoms with Gasteiger partial charge in [0.2, 0.25) is 0 Å². The fourth-order valence-electron chi connectivity index (χ4n) is 6.62. The summed E-state index contributed by atoms with van der Waals surface area (Å²) in [5.74, 6) is 1.91. The van der Waals surface area contributed by atoms with E-state index >= 15 is 0 Å². The number of amides is 1. The van der Waals surface area contributed by atoms with Crippen molar-refractivity contribution in [2.24, 2.45) is 17.8 Å². The van der Waals surface area contributed by atoms with Crippen LogP contribution in [0.3, 0.4) is 0 Å². The van der Waals surface area contributed by atoms with Crippen molar-refractivity contribution in [1.82, 2.24) is 10.2 Å². The number of hydrogen-bond donors (Lipinski definition) is 2. The predicted octanol–water partition coefficient (Wildman–Crippen LogP) is 4.50. The second-order valence-corrected chi connectivity index (χ2v) is 9.88. The van der Waals surface area contributed by atoms with Crippen molar-refractivity contribution in [3.8, 4) is 0 Å². The van der Waals surface area contributed by atoms with E-state index in [0.29, 0.717) is 23.8 Å². The molecule has 2 N–H and O–H groups in total. The normalized spacial score (nSPS) is 35.5. The van der Waals surface area contributed by atoms with Gasteiger partial charge in [-0.05, 0) is 76.2 Å². The molecule has 4 fully saturated rings. The van der Waals surface area contributed by atoms with Crippen LogP contribution in [0.25, 0.3) is 0 Å². The van der Waals surface area contributed by atoms with Crippen molar-refractivity contribution in [1.29, 1.82) is 0 Å². The Balaban J connectivity index is 1.53. The van der Waals surface area contributed by atoms with E-state index in [4.69, 9.17) is 0 Å². The molecule has 0 saturated heterocycles. The number of nitrogens with one attached hydrogen (secondary N) is 1. The first-order valence-electron chi connectivity index (χ1n) is 10.1. The highest BCUT2D eigenvalue weighted by Crippen LogP contribution is 2.59. The maximum absolute atomic E-state index is 12.2. The first kappa shape index (κ1) is 17.8. The number of hydrogen-bond acceptors (Lipinski definition) is 2. The zero-order chi connectivity index (χ0) is 18.5. The van der Waals surface area contributed by atoms with Gasteiger partial charge in [-0.25, -0.2) is 4.79 Å². The lowest BCUT2D eigenvalue weighted by atomic mass is 9.50. The summed E-state index contributed by atoms with van der Waals surface area (Å²) in [6.45, 7) is 7.05. The molecule has 5 rings (SSSR count). The molecule has 3 unspecified atom stereocenters. The van der Waals surface area contributed by atoms with Gasteiger partial charge >= 0.3 is 6.09 Å². The van der Waals surface area contributed by atoms with Crippen molar-refractivity contribution in [2.45, 2.75) is 76.5 Å². The molecule has 5 atom stereocenters. The maximum Gasteiger partial charge on any atom is 0.408 e. The molecule has 4 aliphatic rings. The molecule has 142 valence electrons. The molecule has 1 aromatic carbocycles. The van der Waals surface area contributed by atoms with Crippen molar-refractivity contribution in [3.05, 3.63) is 35.9 Å². The van der Waals surface area contributed by atoms with Gasteiger partial charge < -0.3 is 10.4 Å². The lowest BCUT2D eigenvalue weighted by molar-refractivity contribution is -0.118. The minimum Gasteiger partial charge on any atom is -0.465 e. The predicted molar refractivity (Wildman–Crippen MR) is 103 cm³/mol. The van der Waals surface area contributed by atoms with Crippen LogP contribution in [-0.2, 0) is 6.54 Å². The summed E-state index contributed by atoms with van der Waals surface area (Å²) < 4.78 is 0. The molecule has 0 radical (unpaired) electrons. The van der Waals surface area contributed by atoms with E-state index in [1.165, 1.54) is 18.4 Å². The SMILES string of the molecule is CC(C)(C)N(C(=O)O)C12CC3C[C@H](C1)C(NCc1ccccc1)[C@@H](C3)C2. The molecule has 26 heavy (non-hydrogen) atoms. The summed E-state index contributed by atoms with van der Waals surface area (Å²) in [6, 6.07) is 11.1. The largest absolute Gasteiger partial charge is 0.465 e. The number of nitrogens with zero attached hydrogens (tertiary/aromatic N) is 1. The lowest BCUT2D eigenvalue weighted by Crippen LogP contribution is -2.70. The summed E-state index contributed by atoms with van der Waals surface area (Å²) in [5.41, 5.74) is 0.841. The summed E-state index contributed by atoms with van der Waals surface area (Å²) in [4.78, 5) is 14.0. The second-order valence-electron chi connectivity index (χ2n) is 9.88. The molecule has 4 saturated carbocycles. The highest BCUT2D eigenvalue weighted by molar-refractivity contribution is 5.67. The molecule has 1 aromatic rings. The van der Waals surface area contributed by atoms with Gasteiger partial charge in [-0.3, -0.25) is 4.90 Å². The molecule has 0 aromatic heterocycles. The van der Waals surface area contributed by atoms with E-state index in [9.17, 15) is 9.90 Å². The minimum atomic E-state index is -0.742. The summed E-state index contributed by atoms with van der Waals surface area (Å²) >= 11 is 0. The number of carbonyl (C=O) groups is 1. The van der Waals surface area contributed by atoms with Gasteiger partial charge in [0.05, 0.1) is 0 Å². The van der Waals surface area contributed by atoms with Gasteiger partial charge in [0, 0.05) is 23.7 Å². The van der Waals surface area contributed by atoms with Crippen LogP contribution in [0.1, 0.15) is 58.4 Å². The Hall–Kier alpha value is -1.55. The average molecular weight is 357 g/mol. The maximum atomic E-state index is 12.2. The zero-order valence-electron chi connectivity index (χ0n) is 16.2. The number of benzene rings is 1. The van der Waals surface area contributed by atoms with E-state index in [1.54, 1.807) is 0 Å². The Kier molecular flexibility index (Phi) is 4.30. The van der Waals surface area contributed by atoms with E-state index in [0.717, 1.165) is 25.8 Å². The number of rotatable bonds is 4. The van der Waals surface area contributed by atoms with Crippen LogP contribution < -0.4 is 5.32 Å². The van der Waals surface area contributed by atoms with Crippen LogP contribution in [0.2, 0.25) is 0 Å². The number of carboxylic acid groups (broad SMARTS) is 1. The molecule has 4 aliphatic carbocycles. The highest BCUT2D eigenvalue weighted by Gasteiger charge is 2.60. The topological polar surface area (TPSA) is 52.6 Å². The summed E-state index contributed by atoms with van der Waals surface area (Å²) in [6.07, 6.45) is 4.90. The Morgan fingerprint density at radius 1 is 1.15 bits per heavy atom. The van der Waals surface area contributed by atoms with E-state index in [2.05, 4.69) is 35.6 Å². The third-order valence-corrected chi connectivity index (χ3v) is 6.96. The molecular formula is C22H32N2O2. The van der Waals surface area contributed by atoms with Crippen molar-refractivity contribution in [2.75, 3.05) is 0 Å². The molecular weight excluding hydrogens is 324 g/mol. The Bertz CT molecular complexity index is 650. The van der Waals surface area contributed by atoms with Crippen LogP contribution in [0.4, 0.5) is 4.79 Å². The molecule has 0 heterocycles. The van der Waals surface area contributed by atoms with Crippen LogP contribution >= 0.6 is 0 Å². The Morgan fingerprint density at radius 2 is 1.77 bits per heavy atom. The molecule has 4 nitrogen and oxygen atoms in total. The Morgan fingerprint density at radius 3 is 2.31 bits per heavy atom. The first-order valence-corrected chi connectivity index (χ1v) is 10.1. The quantitative estimate of drug-likeness (QED) is 0.835. The minimum absolute atomic E-state index is 0.147. The molecule has 1 amide bonds. The monoisotopic (exact) mass is 356 g/mol. The Labute approximate surface area is 157 Å². The van der Waals surface area contributed by atoms with Crippen LogP contribution in [-0.4, -0.2) is 33.2 Å². The van der Waals surface area contributed by atoms with Crippen LogP contribution in [0.5, 0.6) is 0 Å². The molecule has 0 spiro atoms. The van der Waals surface area contributed by atoms with Gasteiger partial charge in [-0.1, -0.05) is 30.3 Å². The second kappa shape index (κ2) is 6.26. The van der Waals surface area contributed by atoms with Gasteiger partial charge in [0.15, 0.2) is 0 Å². The third kappa shape index (κ3) is 3.02. The van der Waals surface area contributed by atoms with E-state index in [1.807, 2.05) is 25.7 Å². The zero-order valence-corrected chi connectivity index (χ0v) is 16.2. The van der Waals surface area contributed by atoms with Crippen molar-refractivity contribution in [3.63, 3.8) is 0 Å². The van der Waals surface area contributed by atoms with Gasteiger partial charge in [0.1, 0.15) is 0 Å². The van der Waals surface area contributed by atoms with Gasteiger partial charge in [-0.15, -0.1) is 0 Å². The fraction of sp³-hybridized carbons (Fsp3) is 0.682. The lowest BCUT2D eigenvalue weighted by Gasteiger charge is -2.64.